The number of rotatable bonds is 9. The smallest absolute Gasteiger partial charge is 0.336 e. The van der Waals surface area contributed by atoms with Crippen molar-refractivity contribution in [1.82, 2.24) is 0 Å². The molecule has 0 spiro atoms. The van der Waals surface area contributed by atoms with Gasteiger partial charge in [0.1, 0.15) is 5.78 Å². The Morgan fingerprint density at radius 3 is 1.40 bits per heavy atom. The van der Waals surface area contributed by atoms with Crippen molar-refractivity contribution in [3.05, 3.63) is 35.4 Å². The molecule has 2 saturated carbocycles. The van der Waals surface area contributed by atoms with E-state index in [-0.39, 0.29) is 46.9 Å². The van der Waals surface area contributed by atoms with Crippen LogP contribution in [-0.2, 0) is 28.8 Å². The lowest BCUT2D eigenvalue weighted by Gasteiger charge is -2.25. The van der Waals surface area contributed by atoms with Gasteiger partial charge in [0.2, 0.25) is 0 Å². The number of hydrogen-bond donors (Lipinski definition) is 6. The zero-order valence-corrected chi connectivity index (χ0v) is 23.6. The highest BCUT2D eigenvalue weighted by Crippen LogP contribution is 2.52. The average molecular weight is 597 g/mol. The summed E-state index contributed by atoms with van der Waals surface area (Å²) in [6.45, 7) is 5.35. The number of ketones is 2. The molecule has 0 radical (unpaired) electrons. The predicted octanol–water partition coefficient (Wildman–Crippen LogP) is 2.88. The van der Waals surface area contributed by atoms with Crippen LogP contribution < -0.4 is 0 Å². The number of aliphatic carboxylic acids is 5. The highest BCUT2D eigenvalue weighted by molar-refractivity contribution is 6.04. The maximum absolute atomic E-state index is 11.3. The monoisotopic (exact) mass is 596 g/mol. The summed E-state index contributed by atoms with van der Waals surface area (Å²) in [6, 6.07) is 6.16. The van der Waals surface area contributed by atoms with E-state index >= 15 is 0 Å². The van der Waals surface area contributed by atoms with Crippen molar-refractivity contribution in [2.45, 2.75) is 53.4 Å². The van der Waals surface area contributed by atoms with E-state index < -0.39 is 47.7 Å². The van der Waals surface area contributed by atoms with Crippen molar-refractivity contribution in [1.29, 1.82) is 0 Å². The van der Waals surface area contributed by atoms with E-state index in [0.717, 1.165) is 26.2 Å². The minimum absolute atomic E-state index is 0.0602. The molecular formula is C28H36O14. The lowest BCUT2D eigenvalue weighted by atomic mass is 9.77. The summed E-state index contributed by atoms with van der Waals surface area (Å²) in [4.78, 5) is 83.1. The standard InChI is InChI=1S/C10H14O3.C9H8O3.C5H8O4.C4H6O4/c1-5(11)8-6-2-3-7(4-6)9(8)10(12)13;1-6(10)7-4-2-3-5-8(7)9(11)12;1-3(5(8)9)2-4(6)7;1-2(3(5)6)4(7)8/h6-9H,2-4H2,1H3,(H,12,13);2-5H,1H3,(H,11,12);3H,2H2,1H3,(H,6,7)(H,8,9);2H,1H3,(H,5,6)(H,7,8). The Labute approximate surface area is 241 Å². The van der Waals surface area contributed by atoms with Gasteiger partial charge in [0.25, 0.3) is 0 Å². The molecule has 2 aliphatic rings. The van der Waals surface area contributed by atoms with Crippen LogP contribution in [0.2, 0.25) is 0 Å². The molecule has 1 aromatic rings. The van der Waals surface area contributed by atoms with Gasteiger partial charge in [-0.25, -0.2) is 4.79 Å². The minimum Gasteiger partial charge on any atom is -0.481 e. The zero-order valence-electron chi connectivity index (χ0n) is 23.6. The number of carbonyl (C=O) groups excluding carboxylic acids is 2. The topological polar surface area (TPSA) is 258 Å². The first-order valence-electron chi connectivity index (χ1n) is 12.8. The second-order valence-electron chi connectivity index (χ2n) is 9.98. The second kappa shape index (κ2) is 17.3. The van der Waals surface area contributed by atoms with Crippen molar-refractivity contribution in [2.75, 3.05) is 0 Å². The van der Waals surface area contributed by atoms with Crippen LogP contribution in [0.15, 0.2) is 24.3 Å². The Hall–Kier alpha value is -4.62. The highest BCUT2D eigenvalue weighted by Gasteiger charge is 2.52. The van der Waals surface area contributed by atoms with Gasteiger partial charge in [-0.1, -0.05) is 25.1 Å². The molecule has 5 unspecified atom stereocenters. The van der Waals surface area contributed by atoms with Crippen molar-refractivity contribution in [3.63, 3.8) is 0 Å². The van der Waals surface area contributed by atoms with Gasteiger partial charge >= 0.3 is 35.8 Å². The van der Waals surface area contributed by atoms with Crippen molar-refractivity contribution in [2.24, 2.45) is 35.5 Å². The number of Topliss-reactive ketones (excluding diaryl/α,β-unsaturated/α-hetero) is 2. The van der Waals surface area contributed by atoms with Gasteiger partial charge in [0.05, 0.1) is 23.8 Å². The summed E-state index contributed by atoms with van der Waals surface area (Å²) in [5.41, 5.74) is 0.315. The quantitative estimate of drug-likeness (QED) is 0.177. The van der Waals surface area contributed by atoms with Crippen LogP contribution >= 0.6 is 0 Å². The van der Waals surface area contributed by atoms with Crippen LogP contribution in [0.25, 0.3) is 0 Å². The normalized spacial score (nSPS) is 20.2. The van der Waals surface area contributed by atoms with Gasteiger partial charge in [0.15, 0.2) is 11.7 Å². The molecule has 232 valence electrons. The van der Waals surface area contributed by atoms with Gasteiger partial charge in [-0.3, -0.25) is 33.6 Å². The first kappa shape index (κ1) is 37.4. The second-order valence-corrected chi connectivity index (χ2v) is 9.98. The van der Waals surface area contributed by atoms with Crippen LogP contribution in [-0.4, -0.2) is 78.0 Å². The number of carboxylic acids is 6. The fourth-order valence-electron chi connectivity index (χ4n) is 4.66. The molecule has 2 aliphatic carbocycles. The summed E-state index contributed by atoms with van der Waals surface area (Å²) in [5, 5.41) is 49.8. The van der Waals surface area contributed by atoms with E-state index in [1.54, 1.807) is 12.1 Å². The molecule has 1 aromatic carbocycles. The van der Waals surface area contributed by atoms with E-state index in [2.05, 4.69) is 0 Å². The van der Waals surface area contributed by atoms with Gasteiger partial charge in [0, 0.05) is 11.5 Å². The van der Waals surface area contributed by atoms with E-state index in [1.807, 2.05) is 0 Å². The number of fused-ring (bicyclic) bond motifs is 2. The molecular weight excluding hydrogens is 560 g/mol. The van der Waals surface area contributed by atoms with Crippen LogP contribution in [0.1, 0.15) is 74.1 Å². The molecule has 0 aromatic heterocycles. The largest absolute Gasteiger partial charge is 0.481 e. The molecule has 5 atom stereocenters. The summed E-state index contributed by atoms with van der Waals surface area (Å²) in [7, 11) is 0. The fourth-order valence-corrected chi connectivity index (χ4v) is 4.66. The lowest BCUT2D eigenvalue weighted by molar-refractivity contribution is -0.153. The Kier molecular flexibility index (Phi) is 15.4. The Morgan fingerprint density at radius 2 is 1.17 bits per heavy atom. The number of carbonyl (C=O) groups is 8. The number of benzene rings is 1. The van der Waals surface area contributed by atoms with Crippen LogP contribution in [0, 0.1) is 35.5 Å². The first-order chi connectivity index (χ1) is 19.3. The molecule has 3 rings (SSSR count). The van der Waals surface area contributed by atoms with Crippen LogP contribution in [0.4, 0.5) is 0 Å². The van der Waals surface area contributed by atoms with Crippen LogP contribution in [0.3, 0.4) is 0 Å². The molecule has 6 N–H and O–H groups in total. The fraction of sp³-hybridized carbons (Fsp3) is 0.500. The van der Waals surface area contributed by atoms with Gasteiger partial charge < -0.3 is 30.6 Å². The molecule has 0 aliphatic heterocycles. The van der Waals surface area contributed by atoms with Crippen molar-refractivity contribution in [3.8, 4) is 0 Å². The van der Waals surface area contributed by atoms with Gasteiger partial charge in [-0.05, 0) is 57.9 Å². The molecule has 14 nitrogen and oxygen atoms in total. The molecule has 0 saturated heterocycles. The zero-order chi connectivity index (χ0) is 32.9. The minimum atomic E-state index is -1.31. The maximum Gasteiger partial charge on any atom is 0.336 e. The predicted molar refractivity (Wildman–Crippen MR) is 143 cm³/mol. The molecule has 0 heterocycles. The van der Waals surface area contributed by atoms with E-state index in [9.17, 15) is 38.4 Å². The molecule has 2 fully saturated rings. The van der Waals surface area contributed by atoms with E-state index in [0.29, 0.717) is 5.92 Å². The third kappa shape index (κ3) is 11.9. The summed E-state index contributed by atoms with van der Waals surface area (Å²) >= 11 is 0. The summed E-state index contributed by atoms with van der Waals surface area (Å²) in [5.74, 6) is -8.77. The van der Waals surface area contributed by atoms with E-state index in [4.69, 9.17) is 30.6 Å². The maximum atomic E-state index is 11.3. The molecule has 14 heteroatoms. The van der Waals surface area contributed by atoms with Gasteiger partial charge in [-0.15, -0.1) is 0 Å². The molecule has 2 bridgehead atoms. The molecule has 0 amide bonds. The Morgan fingerprint density at radius 1 is 0.714 bits per heavy atom. The molecule has 42 heavy (non-hydrogen) atoms. The number of carboxylic acid groups (broad SMARTS) is 6. The Bertz CT molecular complexity index is 1110. The number of hydrogen-bond acceptors (Lipinski definition) is 8. The van der Waals surface area contributed by atoms with Crippen molar-refractivity contribution < 1.29 is 69.0 Å². The van der Waals surface area contributed by atoms with E-state index in [1.165, 1.54) is 32.9 Å². The lowest BCUT2D eigenvalue weighted by Crippen LogP contribution is -2.33. The summed E-state index contributed by atoms with van der Waals surface area (Å²) < 4.78 is 0. The first-order valence-corrected chi connectivity index (χ1v) is 12.8. The number of aromatic carboxylic acids is 1. The third-order valence-corrected chi connectivity index (χ3v) is 6.85. The highest BCUT2D eigenvalue weighted by atomic mass is 16.4. The Balaban J connectivity index is 0.000000546. The van der Waals surface area contributed by atoms with Gasteiger partial charge in [-0.2, -0.15) is 0 Å². The SMILES string of the molecule is CC(=O)C1C2CCC(C2)C1C(=O)O.CC(=O)c1ccccc1C(=O)O.CC(C(=O)O)C(=O)O.CC(CC(=O)O)C(=O)O. The van der Waals surface area contributed by atoms with Crippen molar-refractivity contribution >= 4 is 47.4 Å². The average Bonchev–Trinajstić information content (AvgIpc) is 3.51. The van der Waals surface area contributed by atoms with Crippen LogP contribution in [0.5, 0.6) is 0 Å². The summed E-state index contributed by atoms with van der Waals surface area (Å²) in [6.07, 6.45) is 2.71. The third-order valence-electron chi connectivity index (χ3n) is 6.85.